The molecule has 1 heterocycles. The van der Waals surface area contributed by atoms with Gasteiger partial charge in [-0.05, 0) is 54.0 Å². The molecule has 0 aliphatic carbocycles. The molecule has 7 heteroatoms. The Labute approximate surface area is 149 Å². The van der Waals surface area contributed by atoms with E-state index >= 15 is 0 Å². The fourth-order valence-corrected chi connectivity index (χ4v) is 2.94. The van der Waals surface area contributed by atoms with Gasteiger partial charge in [-0.1, -0.05) is 0 Å². The van der Waals surface area contributed by atoms with Crippen LogP contribution in [0, 0.1) is 13.8 Å². The number of nitrogens with zero attached hydrogens (tertiary/aromatic N) is 1. The number of aromatic nitrogens is 1. The molecular weight excluding hydrogens is 322 g/mol. The summed E-state index contributed by atoms with van der Waals surface area (Å²) in [7, 11) is 1.29. The first-order chi connectivity index (χ1) is 11.5. The minimum Gasteiger partial charge on any atom is -0.464 e. The van der Waals surface area contributed by atoms with Crippen LogP contribution in [0.3, 0.4) is 0 Å². The van der Waals surface area contributed by atoms with Crippen molar-refractivity contribution >= 4 is 17.8 Å². The zero-order chi connectivity index (χ0) is 19.5. The van der Waals surface area contributed by atoms with Gasteiger partial charge >= 0.3 is 12.0 Å². The lowest BCUT2D eigenvalue weighted by molar-refractivity contribution is 0.0593. The van der Waals surface area contributed by atoms with Gasteiger partial charge < -0.3 is 19.9 Å². The minimum atomic E-state index is -0.669. The molecule has 1 unspecified atom stereocenters. The summed E-state index contributed by atoms with van der Waals surface area (Å²) in [6, 6.07) is -1.14. The van der Waals surface area contributed by atoms with Crippen LogP contribution in [0.25, 0.3) is 0 Å². The van der Waals surface area contributed by atoms with Crippen LogP contribution in [-0.2, 0) is 4.74 Å². The molecule has 1 aromatic rings. The van der Waals surface area contributed by atoms with E-state index in [1.54, 1.807) is 20.8 Å². The summed E-state index contributed by atoms with van der Waals surface area (Å²) >= 11 is 0. The molecule has 1 atom stereocenters. The van der Waals surface area contributed by atoms with Crippen LogP contribution in [0.4, 0.5) is 4.79 Å². The standard InChI is InChI=1S/C18H29N3O4/c1-9(2)19-18(24)21(10(3)4)13(7)16(22)14-11(5)15(17(23)25-8)20-12(14)6/h9-10,13,20H,1-8H3,(H,19,24). The molecule has 0 radical (unpaired) electrons. The summed E-state index contributed by atoms with van der Waals surface area (Å²) in [6.45, 7) is 12.6. The fraction of sp³-hybridized carbons (Fsp3) is 0.611. The number of ether oxygens (including phenoxy) is 1. The maximum atomic E-state index is 13.1. The topological polar surface area (TPSA) is 91.5 Å². The summed E-state index contributed by atoms with van der Waals surface area (Å²) in [4.78, 5) is 41.8. The normalized spacial score (nSPS) is 12.2. The Bertz CT molecular complexity index is 662. The Morgan fingerprint density at radius 3 is 2.08 bits per heavy atom. The Kier molecular flexibility index (Phi) is 6.78. The van der Waals surface area contributed by atoms with Crippen molar-refractivity contribution in [3.05, 3.63) is 22.5 Å². The zero-order valence-electron chi connectivity index (χ0n) is 16.3. The van der Waals surface area contributed by atoms with Crippen LogP contribution >= 0.6 is 0 Å². The predicted molar refractivity (Wildman–Crippen MR) is 96.0 cm³/mol. The molecule has 0 saturated heterocycles. The molecule has 0 bridgehead atoms. The van der Waals surface area contributed by atoms with Gasteiger partial charge in [0.15, 0.2) is 5.78 Å². The quantitative estimate of drug-likeness (QED) is 0.609. The minimum absolute atomic E-state index is 0.0299. The number of Topliss-reactive ketones (excluding diaryl/α,β-unsaturated/α-hetero) is 1. The first kappa shape index (κ1) is 20.7. The van der Waals surface area contributed by atoms with Crippen LogP contribution in [0.2, 0.25) is 0 Å². The molecule has 0 aliphatic heterocycles. The Morgan fingerprint density at radius 1 is 1.08 bits per heavy atom. The van der Waals surface area contributed by atoms with Gasteiger partial charge in [-0.3, -0.25) is 4.79 Å². The molecule has 25 heavy (non-hydrogen) atoms. The van der Waals surface area contributed by atoms with Crippen molar-refractivity contribution < 1.29 is 19.1 Å². The van der Waals surface area contributed by atoms with E-state index in [0.717, 1.165) is 0 Å². The van der Waals surface area contributed by atoms with Gasteiger partial charge in [-0.25, -0.2) is 9.59 Å². The third-order valence-electron chi connectivity index (χ3n) is 4.07. The molecule has 0 spiro atoms. The molecule has 7 nitrogen and oxygen atoms in total. The number of hydrogen-bond acceptors (Lipinski definition) is 4. The highest BCUT2D eigenvalue weighted by Gasteiger charge is 2.32. The average Bonchev–Trinajstić information content (AvgIpc) is 2.79. The summed E-state index contributed by atoms with van der Waals surface area (Å²) in [5, 5.41) is 2.83. The Balaban J connectivity index is 3.22. The van der Waals surface area contributed by atoms with Gasteiger partial charge in [0.1, 0.15) is 5.69 Å². The van der Waals surface area contributed by atoms with Crippen LogP contribution in [0.15, 0.2) is 0 Å². The lowest BCUT2D eigenvalue weighted by atomic mass is 9.99. The number of esters is 1. The van der Waals surface area contributed by atoms with E-state index in [1.165, 1.54) is 12.0 Å². The van der Waals surface area contributed by atoms with Crippen molar-refractivity contribution in [3.8, 4) is 0 Å². The zero-order valence-corrected chi connectivity index (χ0v) is 16.3. The molecule has 1 aromatic heterocycles. The van der Waals surface area contributed by atoms with E-state index < -0.39 is 12.0 Å². The molecule has 0 aromatic carbocycles. The number of aryl methyl sites for hydroxylation is 1. The highest BCUT2D eigenvalue weighted by atomic mass is 16.5. The molecular formula is C18H29N3O4. The summed E-state index contributed by atoms with van der Waals surface area (Å²) in [5.74, 6) is -0.737. The van der Waals surface area contributed by atoms with Gasteiger partial charge in [-0.15, -0.1) is 0 Å². The van der Waals surface area contributed by atoms with Gasteiger partial charge in [0.2, 0.25) is 0 Å². The lowest BCUT2D eigenvalue weighted by Gasteiger charge is -2.33. The number of hydrogen-bond donors (Lipinski definition) is 2. The predicted octanol–water partition coefficient (Wildman–Crippen LogP) is 2.82. The Hall–Kier alpha value is -2.31. The maximum Gasteiger partial charge on any atom is 0.354 e. The Morgan fingerprint density at radius 2 is 1.64 bits per heavy atom. The van der Waals surface area contributed by atoms with E-state index in [4.69, 9.17) is 4.74 Å². The van der Waals surface area contributed by atoms with Crippen LogP contribution in [-0.4, -0.2) is 52.9 Å². The van der Waals surface area contributed by atoms with E-state index in [1.807, 2.05) is 27.7 Å². The number of methoxy groups -OCH3 is 1. The molecule has 0 fully saturated rings. The second-order valence-electron chi connectivity index (χ2n) is 6.76. The monoisotopic (exact) mass is 351 g/mol. The number of carbonyl (C=O) groups excluding carboxylic acids is 3. The van der Waals surface area contributed by atoms with E-state index in [-0.39, 0.29) is 29.6 Å². The molecule has 1 rings (SSSR count). The van der Waals surface area contributed by atoms with Crippen molar-refractivity contribution in [2.24, 2.45) is 0 Å². The fourth-order valence-electron chi connectivity index (χ4n) is 2.94. The second-order valence-corrected chi connectivity index (χ2v) is 6.76. The summed E-state index contributed by atoms with van der Waals surface area (Å²) < 4.78 is 4.74. The van der Waals surface area contributed by atoms with Crippen molar-refractivity contribution in [3.63, 3.8) is 0 Å². The lowest BCUT2D eigenvalue weighted by Crippen LogP contribution is -2.53. The van der Waals surface area contributed by atoms with E-state index in [2.05, 4.69) is 10.3 Å². The number of amides is 2. The number of rotatable bonds is 6. The molecule has 0 aliphatic rings. The largest absolute Gasteiger partial charge is 0.464 e. The molecule has 0 saturated carbocycles. The summed E-state index contributed by atoms with van der Waals surface area (Å²) in [5.41, 5.74) is 1.81. The average molecular weight is 351 g/mol. The van der Waals surface area contributed by atoms with Crippen molar-refractivity contribution in [1.29, 1.82) is 0 Å². The molecule has 140 valence electrons. The third kappa shape index (κ3) is 4.41. The molecule has 2 amide bonds. The molecule has 2 N–H and O–H groups in total. The van der Waals surface area contributed by atoms with Gasteiger partial charge in [0, 0.05) is 23.3 Å². The van der Waals surface area contributed by atoms with E-state index in [0.29, 0.717) is 16.8 Å². The highest BCUT2D eigenvalue weighted by Crippen LogP contribution is 2.22. The number of H-pyrrole nitrogens is 1. The number of nitrogens with one attached hydrogen (secondary N) is 2. The van der Waals surface area contributed by atoms with Gasteiger partial charge in [-0.2, -0.15) is 0 Å². The van der Waals surface area contributed by atoms with Gasteiger partial charge in [0.05, 0.1) is 13.2 Å². The third-order valence-corrected chi connectivity index (χ3v) is 4.07. The van der Waals surface area contributed by atoms with Crippen LogP contribution in [0.5, 0.6) is 0 Å². The maximum absolute atomic E-state index is 13.1. The highest BCUT2D eigenvalue weighted by molar-refractivity contribution is 6.06. The van der Waals surface area contributed by atoms with Gasteiger partial charge in [0.25, 0.3) is 0 Å². The van der Waals surface area contributed by atoms with Crippen molar-refractivity contribution in [2.75, 3.05) is 7.11 Å². The second kappa shape index (κ2) is 8.18. The van der Waals surface area contributed by atoms with Crippen LogP contribution in [0.1, 0.15) is 66.7 Å². The number of aromatic amines is 1. The first-order valence-corrected chi connectivity index (χ1v) is 8.43. The number of carbonyl (C=O) groups is 3. The summed E-state index contributed by atoms with van der Waals surface area (Å²) in [6.07, 6.45) is 0. The SMILES string of the molecule is COC(=O)c1[nH]c(C)c(C(=O)C(C)N(C(=O)NC(C)C)C(C)C)c1C. The van der Waals surface area contributed by atoms with Crippen molar-refractivity contribution in [2.45, 2.75) is 66.6 Å². The smallest absolute Gasteiger partial charge is 0.354 e. The van der Waals surface area contributed by atoms with Crippen LogP contribution < -0.4 is 5.32 Å². The number of ketones is 1. The van der Waals surface area contributed by atoms with Crippen molar-refractivity contribution in [1.82, 2.24) is 15.2 Å². The first-order valence-electron chi connectivity index (χ1n) is 8.43. The van der Waals surface area contributed by atoms with E-state index in [9.17, 15) is 14.4 Å². The number of urea groups is 1.